The summed E-state index contributed by atoms with van der Waals surface area (Å²) < 4.78 is 1.52. The minimum Gasteiger partial charge on any atom is -0.478 e. The summed E-state index contributed by atoms with van der Waals surface area (Å²) >= 11 is 0. The molecule has 0 saturated carbocycles. The van der Waals surface area contributed by atoms with Gasteiger partial charge < -0.3 is 10.8 Å². The molecule has 0 amide bonds. The van der Waals surface area contributed by atoms with Gasteiger partial charge in [0.2, 0.25) is 0 Å². The Morgan fingerprint density at radius 1 is 1.83 bits per heavy atom. The first-order valence-corrected chi connectivity index (χ1v) is 3.29. The molecule has 0 aliphatic carbocycles. The molecule has 3 N–H and O–H groups in total. The third-order valence-corrected chi connectivity index (χ3v) is 1.29. The second-order valence-corrected chi connectivity index (χ2v) is 2.31. The van der Waals surface area contributed by atoms with Crippen LogP contribution in [0.3, 0.4) is 0 Å². The summed E-state index contributed by atoms with van der Waals surface area (Å²) in [5.74, 6) is -0.673. The molecule has 12 heavy (non-hydrogen) atoms. The van der Waals surface area contributed by atoms with E-state index < -0.39 is 5.97 Å². The van der Waals surface area contributed by atoms with E-state index in [0.717, 1.165) is 6.08 Å². The van der Waals surface area contributed by atoms with Gasteiger partial charge in [-0.25, -0.2) is 4.79 Å². The van der Waals surface area contributed by atoms with Crippen molar-refractivity contribution in [2.45, 2.75) is 0 Å². The van der Waals surface area contributed by atoms with Crippen LogP contribution in [-0.2, 0) is 11.8 Å². The average Bonchev–Trinajstić information content (AvgIpc) is 2.26. The Morgan fingerprint density at radius 3 is 2.92 bits per heavy atom. The van der Waals surface area contributed by atoms with Crippen LogP contribution in [0.2, 0.25) is 0 Å². The van der Waals surface area contributed by atoms with Gasteiger partial charge in [0.05, 0.1) is 0 Å². The van der Waals surface area contributed by atoms with Crippen molar-refractivity contribution in [3.63, 3.8) is 0 Å². The van der Waals surface area contributed by atoms with E-state index >= 15 is 0 Å². The lowest BCUT2D eigenvalue weighted by Gasteiger charge is -1.84. The van der Waals surface area contributed by atoms with Gasteiger partial charge in [0.15, 0.2) is 5.82 Å². The Bertz CT molecular complexity index is 327. The summed E-state index contributed by atoms with van der Waals surface area (Å²) in [4.78, 5) is 10.1. The lowest BCUT2D eigenvalue weighted by Crippen LogP contribution is -1.91. The number of carbonyl (C=O) groups is 1. The number of anilines is 1. The number of nitrogen functional groups attached to an aromatic ring is 1. The predicted octanol–water partition coefficient (Wildman–Crippen LogP) is 0.100. The topological polar surface area (TPSA) is 81.1 Å². The molecular formula is C7H9N3O2. The summed E-state index contributed by atoms with van der Waals surface area (Å²) in [7, 11) is 1.72. The van der Waals surface area contributed by atoms with Crippen molar-refractivity contribution in [3.05, 3.63) is 17.8 Å². The fourth-order valence-corrected chi connectivity index (χ4v) is 0.813. The van der Waals surface area contributed by atoms with Gasteiger partial charge in [-0.15, -0.1) is 0 Å². The van der Waals surface area contributed by atoms with Gasteiger partial charge in [-0.1, -0.05) is 0 Å². The van der Waals surface area contributed by atoms with Crippen molar-refractivity contribution < 1.29 is 9.90 Å². The highest BCUT2D eigenvalue weighted by molar-refractivity contribution is 5.86. The number of hydrogen-bond acceptors (Lipinski definition) is 3. The van der Waals surface area contributed by atoms with Crippen LogP contribution in [-0.4, -0.2) is 20.9 Å². The fraction of sp³-hybridized carbons (Fsp3) is 0.143. The van der Waals surface area contributed by atoms with E-state index in [1.807, 2.05) is 0 Å². The summed E-state index contributed by atoms with van der Waals surface area (Å²) in [5.41, 5.74) is 6.06. The molecule has 5 heteroatoms. The number of aromatic nitrogens is 2. The lowest BCUT2D eigenvalue weighted by molar-refractivity contribution is -0.131. The number of nitrogens with zero attached hydrogens (tertiary/aromatic N) is 2. The number of carboxylic acid groups (broad SMARTS) is 1. The van der Waals surface area contributed by atoms with Crippen LogP contribution < -0.4 is 5.73 Å². The minimum absolute atomic E-state index is 0.329. The Labute approximate surface area is 69.1 Å². The maximum absolute atomic E-state index is 10.1. The summed E-state index contributed by atoms with van der Waals surface area (Å²) in [6.07, 6.45) is 4.08. The molecule has 0 spiro atoms. The quantitative estimate of drug-likeness (QED) is 0.612. The van der Waals surface area contributed by atoms with E-state index in [1.54, 1.807) is 13.2 Å². The summed E-state index contributed by atoms with van der Waals surface area (Å²) in [6.45, 7) is 0. The van der Waals surface area contributed by atoms with Gasteiger partial charge in [0, 0.05) is 24.9 Å². The maximum atomic E-state index is 10.1. The van der Waals surface area contributed by atoms with Crippen LogP contribution in [0.15, 0.2) is 12.3 Å². The first-order valence-electron chi connectivity index (χ1n) is 3.29. The minimum atomic E-state index is -1.00. The molecule has 0 saturated heterocycles. The highest BCUT2D eigenvalue weighted by atomic mass is 16.4. The normalized spacial score (nSPS) is 10.8. The SMILES string of the molecule is Cn1cc(C=CC(=O)O)c(N)n1. The number of rotatable bonds is 2. The molecule has 0 radical (unpaired) electrons. The molecule has 1 aromatic heterocycles. The Kier molecular flexibility index (Phi) is 2.14. The maximum Gasteiger partial charge on any atom is 0.328 e. The van der Waals surface area contributed by atoms with Crippen molar-refractivity contribution in [1.29, 1.82) is 0 Å². The number of aliphatic carboxylic acids is 1. The van der Waals surface area contributed by atoms with E-state index in [1.165, 1.54) is 10.8 Å². The molecule has 0 aliphatic heterocycles. The predicted molar refractivity (Wildman–Crippen MR) is 44.3 cm³/mol. The molecule has 0 fully saturated rings. The zero-order valence-corrected chi connectivity index (χ0v) is 6.56. The zero-order chi connectivity index (χ0) is 9.14. The Balaban J connectivity index is 2.89. The van der Waals surface area contributed by atoms with E-state index in [-0.39, 0.29) is 0 Å². The van der Waals surface area contributed by atoms with Crippen LogP contribution in [0, 0.1) is 0 Å². The van der Waals surface area contributed by atoms with Crippen LogP contribution in [0.4, 0.5) is 5.82 Å². The monoisotopic (exact) mass is 167 g/mol. The summed E-state index contributed by atoms with van der Waals surface area (Å²) in [6, 6.07) is 0. The highest BCUT2D eigenvalue weighted by Crippen LogP contribution is 2.09. The Hall–Kier alpha value is -1.78. The molecule has 0 unspecified atom stereocenters. The van der Waals surface area contributed by atoms with Gasteiger partial charge in [-0.2, -0.15) is 5.10 Å². The molecule has 0 aliphatic rings. The first-order chi connectivity index (χ1) is 5.59. The van der Waals surface area contributed by atoms with Gasteiger partial charge in [-0.3, -0.25) is 4.68 Å². The molecule has 1 rings (SSSR count). The molecule has 1 aromatic rings. The van der Waals surface area contributed by atoms with Crippen LogP contribution >= 0.6 is 0 Å². The van der Waals surface area contributed by atoms with Gasteiger partial charge >= 0.3 is 5.97 Å². The third-order valence-electron chi connectivity index (χ3n) is 1.29. The third kappa shape index (κ3) is 1.85. The molecule has 1 heterocycles. The number of carboxylic acids is 1. The smallest absolute Gasteiger partial charge is 0.328 e. The molecule has 5 nitrogen and oxygen atoms in total. The van der Waals surface area contributed by atoms with Crippen LogP contribution in [0.1, 0.15) is 5.56 Å². The average molecular weight is 167 g/mol. The summed E-state index contributed by atoms with van der Waals surface area (Å²) in [5, 5.41) is 12.2. The molecule has 0 bridgehead atoms. The zero-order valence-electron chi connectivity index (χ0n) is 6.56. The van der Waals surface area contributed by atoms with E-state index in [9.17, 15) is 4.79 Å². The molecular weight excluding hydrogens is 158 g/mol. The highest BCUT2D eigenvalue weighted by Gasteiger charge is 1.99. The standard InChI is InChI=1S/C7H9N3O2/c1-10-4-5(7(8)9-10)2-3-6(11)12/h2-4H,1H3,(H2,8,9)(H,11,12). The number of nitrogens with two attached hydrogens (primary N) is 1. The van der Waals surface area contributed by atoms with Crippen LogP contribution in [0.5, 0.6) is 0 Å². The largest absolute Gasteiger partial charge is 0.478 e. The lowest BCUT2D eigenvalue weighted by atomic mass is 10.3. The second kappa shape index (κ2) is 3.08. The number of aryl methyl sites for hydroxylation is 1. The molecule has 0 atom stereocenters. The van der Waals surface area contributed by atoms with E-state index in [2.05, 4.69) is 5.10 Å². The van der Waals surface area contributed by atoms with Crippen molar-refractivity contribution >= 4 is 17.9 Å². The van der Waals surface area contributed by atoms with Crippen molar-refractivity contribution in [2.24, 2.45) is 7.05 Å². The van der Waals surface area contributed by atoms with Crippen molar-refractivity contribution in [3.8, 4) is 0 Å². The molecule has 64 valence electrons. The second-order valence-electron chi connectivity index (χ2n) is 2.31. The first kappa shape index (κ1) is 8.32. The van der Waals surface area contributed by atoms with Crippen molar-refractivity contribution in [1.82, 2.24) is 9.78 Å². The van der Waals surface area contributed by atoms with Gasteiger partial charge in [0.25, 0.3) is 0 Å². The molecule has 0 aromatic carbocycles. The number of hydrogen-bond donors (Lipinski definition) is 2. The van der Waals surface area contributed by atoms with E-state index in [4.69, 9.17) is 10.8 Å². The fourth-order valence-electron chi connectivity index (χ4n) is 0.813. The van der Waals surface area contributed by atoms with Crippen LogP contribution in [0.25, 0.3) is 6.08 Å². The van der Waals surface area contributed by atoms with E-state index in [0.29, 0.717) is 11.4 Å². The Morgan fingerprint density at radius 2 is 2.50 bits per heavy atom. The van der Waals surface area contributed by atoms with Crippen molar-refractivity contribution in [2.75, 3.05) is 5.73 Å². The van der Waals surface area contributed by atoms with Gasteiger partial charge in [-0.05, 0) is 6.08 Å². The van der Waals surface area contributed by atoms with Gasteiger partial charge in [0.1, 0.15) is 0 Å².